The van der Waals surface area contributed by atoms with Crippen LogP contribution >= 0.6 is 11.6 Å². The summed E-state index contributed by atoms with van der Waals surface area (Å²) in [6.45, 7) is 4.69. The Labute approximate surface area is 130 Å². The number of phenols is 1. The molecule has 0 spiro atoms. The highest BCUT2D eigenvalue weighted by molar-refractivity contribution is 6.31. The first-order chi connectivity index (χ1) is 9.88. The first-order valence-corrected chi connectivity index (χ1v) is 7.70. The maximum atomic E-state index is 11.6. The Morgan fingerprint density at radius 1 is 1.52 bits per heavy atom. The summed E-state index contributed by atoms with van der Waals surface area (Å²) in [5, 5.41) is 20.3. The molecule has 2 unspecified atom stereocenters. The number of aliphatic hydroxyl groups is 1. The molecule has 1 aliphatic heterocycles. The van der Waals surface area contributed by atoms with Gasteiger partial charge in [0.05, 0.1) is 11.7 Å². The van der Waals surface area contributed by atoms with Crippen LogP contribution in [-0.4, -0.2) is 39.6 Å². The summed E-state index contributed by atoms with van der Waals surface area (Å²) in [5.41, 5.74) is 0.939. The Hall–Kier alpha value is -1.10. The minimum Gasteiger partial charge on any atom is -0.507 e. The summed E-state index contributed by atoms with van der Waals surface area (Å²) in [6.07, 6.45) is 2.52. The normalized spacial score (nSPS) is 20.7. The van der Waals surface area contributed by atoms with Crippen LogP contribution in [0, 0.1) is 0 Å². The van der Waals surface area contributed by atoms with Crippen molar-refractivity contribution in [2.24, 2.45) is 0 Å². The van der Waals surface area contributed by atoms with Crippen molar-refractivity contribution in [1.29, 1.82) is 0 Å². The number of ketones is 1. The van der Waals surface area contributed by atoms with Gasteiger partial charge < -0.3 is 10.2 Å². The third-order valence-electron chi connectivity index (χ3n) is 4.02. The summed E-state index contributed by atoms with van der Waals surface area (Å²) in [6, 6.07) is 3.52. The number of Topliss-reactive ketones (excluding diaryl/α,β-unsaturated/α-hetero) is 1. The number of nitrogens with zero attached hydrogens (tertiary/aromatic N) is 1. The van der Waals surface area contributed by atoms with Gasteiger partial charge in [-0.3, -0.25) is 9.69 Å². The van der Waals surface area contributed by atoms with Crippen LogP contribution in [0.4, 0.5) is 0 Å². The van der Waals surface area contributed by atoms with Crippen molar-refractivity contribution in [2.75, 3.05) is 6.54 Å². The van der Waals surface area contributed by atoms with Gasteiger partial charge >= 0.3 is 0 Å². The molecule has 21 heavy (non-hydrogen) atoms. The van der Waals surface area contributed by atoms with E-state index in [1.54, 1.807) is 13.0 Å². The zero-order valence-corrected chi connectivity index (χ0v) is 13.2. The highest BCUT2D eigenvalue weighted by atomic mass is 35.5. The number of aromatic hydroxyl groups is 1. The van der Waals surface area contributed by atoms with E-state index in [0.29, 0.717) is 23.2 Å². The van der Waals surface area contributed by atoms with E-state index in [9.17, 15) is 15.0 Å². The number of aliphatic hydroxyl groups excluding tert-OH is 1. The molecule has 2 rings (SSSR count). The summed E-state index contributed by atoms with van der Waals surface area (Å²) in [4.78, 5) is 13.8. The molecule has 1 aromatic rings. The third kappa shape index (κ3) is 3.96. The molecule has 0 amide bonds. The van der Waals surface area contributed by atoms with E-state index in [1.807, 2.05) is 0 Å². The predicted molar refractivity (Wildman–Crippen MR) is 82.9 cm³/mol. The molecule has 116 valence electrons. The number of likely N-dealkylation sites (tertiary alicyclic amines) is 1. The largest absolute Gasteiger partial charge is 0.507 e. The van der Waals surface area contributed by atoms with Gasteiger partial charge in [0.15, 0.2) is 5.78 Å². The van der Waals surface area contributed by atoms with E-state index in [-0.39, 0.29) is 23.2 Å². The van der Waals surface area contributed by atoms with Crippen molar-refractivity contribution in [2.45, 2.75) is 51.8 Å². The zero-order valence-electron chi connectivity index (χ0n) is 12.5. The standard InChI is InChI=1S/C16H22ClNO3/c1-10(19)6-14-4-3-5-18(14)9-12-7-13(17)8-15(11(2)20)16(12)21/h7-8,10,14,19,21H,3-6,9H2,1-2H3. The summed E-state index contributed by atoms with van der Waals surface area (Å²) < 4.78 is 0. The Bertz CT molecular complexity index is 530. The lowest BCUT2D eigenvalue weighted by Crippen LogP contribution is -2.31. The maximum absolute atomic E-state index is 11.6. The highest BCUT2D eigenvalue weighted by Crippen LogP contribution is 2.31. The van der Waals surface area contributed by atoms with Crippen LogP contribution in [0.2, 0.25) is 5.02 Å². The van der Waals surface area contributed by atoms with Crippen LogP contribution in [0.5, 0.6) is 5.75 Å². The fourth-order valence-corrected chi connectivity index (χ4v) is 3.27. The number of hydrogen-bond acceptors (Lipinski definition) is 4. The maximum Gasteiger partial charge on any atom is 0.163 e. The molecule has 2 atom stereocenters. The fourth-order valence-electron chi connectivity index (χ4n) is 3.03. The molecule has 0 aromatic heterocycles. The van der Waals surface area contributed by atoms with Gasteiger partial charge in [0, 0.05) is 23.2 Å². The predicted octanol–water partition coefficient (Wildman–Crippen LogP) is 2.98. The second kappa shape index (κ2) is 6.77. The van der Waals surface area contributed by atoms with E-state index in [2.05, 4.69) is 4.90 Å². The molecule has 4 nitrogen and oxygen atoms in total. The minimum absolute atomic E-state index is 0.0228. The van der Waals surface area contributed by atoms with Gasteiger partial charge in [-0.15, -0.1) is 0 Å². The van der Waals surface area contributed by atoms with Gasteiger partial charge in [0.2, 0.25) is 0 Å². The van der Waals surface area contributed by atoms with Crippen molar-refractivity contribution in [3.63, 3.8) is 0 Å². The number of carbonyl (C=O) groups is 1. The topological polar surface area (TPSA) is 60.8 Å². The average molecular weight is 312 g/mol. The van der Waals surface area contributed by atoms with E-state index in [0.717, 1.165) is 25.8 Å². The number of carbonyl (C=O) groups excluding carboxylic acids is 1. The molecule has 1 fully saturated rings. The zero-order chi connectivity index (χ0) is 15.6. The molecule has 1 aliphatic rings. The summed E-state index contributed by atoms with van der Waals surface area (Å²) >= 11 is 6.05. The number of rotatable bonds is 5. The lowest BCUT2D eigenvalue weighted by molar-refractivity contribution is 0.101. The van der Waals surface area contributed by atoms with Crippen molar-refractivity contribution >= 4 is 17.4 Å². The molecule has 2 N–H and O–H groups in total. The molecule has 1 saturated heterocycles. The average Bonchev–Trinajstić information content (AvgIpc) is 2.79. The van der Waals surface area contributed by atoms with Crippen molar-refractivity contribution in [3.8, 4) is 5.75 Å². The first-order valence-electron chi connectivity index (χ1n) is 7.33. The quantitative estimate of drug-likeness (QED) is 0.821. The number of hydrogen-bond donors (Lipinski definition) is 2. The first kappa shape index (κ1) is 16.3. The second-order valence-electron chi connectivity index (χ2n) is 5.87. The van der Waals surface area contributed by atoms with E-state index >= 15 is 0 Å². The van der Waals surface area contributed by atoms with Crippen LogP contribution in [0.3, 0.4) is 0 Å². The highest BCUT2D eigenvalue weighted by Gasteiger charge is 2.27. The number of phenolic OH excluding ortho intramolecular Hbond substituents is 1. The third-order valence-corrected chi connectivity index (χ3v) is 4.24. The van der Waals surface area contributed by atoms with Crippen molar-refractivity contribution < 1.29 is 15.0 Å². The van der Waals surface area contributed by atoms with Gasteiger partial charge in [-0.2, -0.15) is 0 Å². The van der Waals surface area contributed by atoms with E-state index in [1.165, 1.54) is 13.0 Å². The lowest BCUT2D eigenvalue weighted by Gasteiger charge is -2.26. The Morgan fingerprint density at radius 2 is 2.24 bits per heavy atom. The Morgan fingerprint density at radius 3 is 2.86 bits per heavy atom. The van der Waals surface area contributed by atoms with Crippen LogP contribution in [0.15, 0.2) is 12.1 Å². The van der Waals surface area contributed by atoms with Crippen LogP contribution < -0.4 is 0 Å². The summed E-state index contributed by atoms with van der Waals surface area (Å²) in [5.74, 6) is -0.173. The van der Waals surface area contributed by atoms with E-state index < -0.39 is 0 Å². The molecular formula is C16H22ClNO3. The molecule has 0 saturated carbocycles. The van der Waals surface area contributed by atoms with Crippen LogP contribution in [0.1, 0.15) is 49.0 Å². The van der Waals surface area contributed by atoms with Gasteiger partial charge in [-0.05, 0) is 51.8 Å². The summed E-state index contributed by atoms with van der Waals surface area (Å²) in [7, 11) is 0. The van der Waals surface area contributed by atoms with Crippen molar-refractivity contribution in [1.82, 2.24) is 4.90 Å². The van der Waals surface area contributed by atoms with Gasteiger partial charge in [0.1, 0.15) is 5.75 Å². The monoisotopic (exact) mass is 311 g/mol. The Balaban J connectivity index is 2.21. The number of halogens is 1. The van der Waals surface area contributed by atoms with Crippen molar-refractivity contribution in [3.05, 3.63) is 28.3 Å². The van der Waals surface area contributed by atoms with E-state index in [4.69, 9.17) is 11.6 Å². The minimum atomic E-state index is -0.337. The number of benzene rings is 1. The molecule has 0 bridgehead atoms. The molecule has 1 aromatic carbocycles. The fraction of sp³-hybridized carbons (Fsp3) is 0.562. The van der Waals surface area contributed by atoms with Gasteiger partial charge in [-0.25, -0.2) is 0 Å². The molecule has 0 radical (unpaired) electrons. The SMILES string of the molecule is CC(=O)c1cc(Cl)cc(CN2CCCC2CC(C)O)c1O. The smallest absolute Gasteiger partial charge is 0.163 e. The Kier molecular flexibility index (Phi) is 5.25. The second-order valence-corrected chi connectivity index (χ2v) is 6.30. The van der Waals surface area contributed by atoms with Crippen LogP contribution in [0.25, 0.3) is 0 Å². The molecule has 5 heteroatoms. The van der Waals surface area contributed by atoms with Crippen LogP contribution in [-0.2, 0) is 6.54 Å². The molecular weight excluding hydrogens is 290 g/mol. The van der Waals surface area contributed by atoms with Gasteiger partial charge in [-0.1, -0.05) is 11.6 Å². The molecule has 1 heterocycles. The lowest BCUT2D eigenvalue weighted by atomic mass is 10.0. The molecule has 0 aliphatic carbocycles. The van der Waals surface area contributed by atoms with Gasteiger partial charge in [0.25, 0.3) is 0 Å².